The molecule has 1 aromatic heterocycles. The van der Waals surface area contributed by atoms with E-state index in [0.717, 1.165) is 38.0 Å². The Morgan fingerprint density at radius 3 is 2.67 bits per heavy atom. The fourth-order valence-corrected chi connectivity index (χ4v) is 3.33. The molecule has 27 heavy (non-hydrogen) atoms. The number of hydrogen-bond acceptors (Lipinski definition) is 4. The molecule has 0 saturated carbocycles. The number of nitrogens with zero attached hydrogens (tertiary/aromatic N) is 2. The molecule has 1 aliphatic heterocycles. The van der Waals surface area contributed by atoms with Gasteiger partial charge in [-0.3, -0.25) is 19.5 Å². The van der Waals surface area contributed by atoms with Crippen molar-refractivity contribution < 1.29 is 9.59 Å². The quantitative estimate of drug-likeness (QED) is 0.797. The van der Waals surface area contributed by atoms with Gasteiger partial charge in [-0.05, 0) is 68.1 Å². The first-order chi connectivity index (χ1) is 13.1. The van der Waals surface area contributed by atoms with Gasteiger partial charge in [0.1, 0.15) is 0 Å². The van der Waals surface area contributed by atoms with Gasteiger partial charge in [0, 0.05) is 31.2 Å². The van der Waals surface area contributed by atoms with Gasteiger partial charge in [0.05, 0.1) is 0 Å². The number of aromatic nitrogens is 1. The van der Waals surface area contributed by atoms with E-state index in [-0.39, 0.29) is 0 Å². The Balaban J connectivity index is 1.38. The maximum absolute atomic E-state index is 12.0. The molecule has 2 amide bonds. The minimum absolute atomic E-state index is 0.408. The Hall–Kier alpha value is -2.73. The summed E-state index contributed by atoms with van der Waals surface area (Å²) in [7, 11) is 0. The standard InChI is InChI=1S/C21H26N4O2/c1-16-4-2-6-19(12-16)24-21(27)20(26)23-14-17-7-10-25(11-8-17)15-18-5-3-9-22-13-18/h2-6,9,12-13,17H,7-8,10-11,14-15H2,1H3,(H,23,26)(H,24,27). The van der Waals surface area contributed by atoms with Crippen molar-refractivity contribution in [2.24, 2.45) is 5.92 Å². The SMILES string of the molecule is Cc1cccc(NC(=O)C(=O)NCC2CCN(Cc3cccnc3)CC2)c1. The molecular weight excluding hydrogens is 340 g/mol. The van der Waals surface area contributed by atoms with Gasteiger partial charge in [0.25, 0.3) is 0 Å². The summed E-state index contributed by atoms with van der Waals surface area (Å²) in [5.74, 6) is -0.783. The monoisotopic (exact) mass is 366 g/mol. The van der Waals surface area contributed by atoms with Crippen LogP contribution in [-0.4, -0.2) is 41.3 Å². The number of hydrogen-bond donors (Lipinski definition) is 2. The fraction of sp³-hybridized carbons (Fsp3) is 0.381. The molecule has 142 valence electrons. The lowest BCUT2D eigenvalue weighted by Crippen LogP contribution is -2.41. The van der Waals surface area contributed by atoms with Crippen LogP contribution in [0.25, 0.3) is 0 Å². The summed E-state index contributed by atoms with van der Waals surface area (Å²) >= 11 is 0. The van der Waals surface area contributed by atoms with Crippen molar-refractivity contribution in [1.29, 1.82) is 0 Å². The number of carbonyl (C=O) groups is 2. The van der Waals surface area contributed by atoms with Crippen LogP contribution in [0.4, 0.5) is 5.69 Å². The van der Waals surface area contributed by atoms with E-state index >= 15 is 0 Å². The molecule has 6 heteroatoms. The van der Waals surface area contributed by atoms with Gasteiger partial charge < -0.3 is 10.6 Å². The summed E-state index contributed by atoms with van der Waals surface area (Å²) in [5, 5.41) is 5.41. The molecule has 0 radical (unpaired) electrons. The van der Waals surface area contributed by atoms with Crippen molar-refractivity contribution >= 4 is 17.5 Å². The van der Waals surface area contributed by atoms with E-state index in [0.29, 0.717) is 18.2 Å². The summed E-state index contributed by atoms with van der Waals surface area (Å²) < 4.78 is 0. The Labute approximate surface area is 160 Å². The maximum atomic E-state index is 12.0. The van der Waals surface area contributed by atoms with Gasteiger partial charge in [-0.2, -0.15) is 0 Å². The molecule has 1 aromatic carbocycles. The highest BCUT2D eigenvalue weighted by atomic mass is 16.2. The number of anilines is 1. The molecule has 0 bridgehead atoms. The summed E-state index contributed by atoms with van der Waals surface area (Å²) in [6.45, 7) is 5.37. The molecule has 2 heterocycles. The molecule has 2 aromatic rings. The zero-order chi connectivity index (χ0) is 19.1. The molecule has 1 aliphatic rings. The van der Waals surface area contributed by atoms with Gasteiger partial charge in [-0.1, -0.05) is 18.2 Å². The van der Waals surface area contributed by atoms with Crippen molar-refractivity contribution in [2.75, 3.05) is 25.0 Å². The van der Waals surface area contributed by atoms with Crippen LogP contribution in [-0.2, 0) is 16.1 Å². The van der Waals surface area contributed by atoms with Crippen LogP contribution < -0.4 is 10.6 Å². The van der Waals surface area contributed by atoms with Crippen LogP contribution in [0.3, 0.4) is 0 Å². The van der Waals surface area contributed by atoms with E-state index in [1.54, 1.807) is 12.3 Å². The molecule has 1 saturated heterocycles. The predicted octanol–water partition coefficient (Wildman–Crippen LogP) is 2.36. The highest BCUT2D eigenvalue weighted by Crippen LogP contribution is 2.18. The number of amides is 2. The van der Waals surface area contributed by atoms with Crippen LogP contribution in [0.15, 0.2) is 48.8 Å². The number of likely N-dealkylation sites (tertiary alicyclic amines) is 1. The number of pyridine rings is 1. The second-order valence-electron chi connectivity index (χ2n) is 7.11. The van der Waals surface area contributed by atoms with Gasteiger partial charge in [0.15, 0.2) is 0 Å². The third-order valence-electron chi connectivity index (χ3n) is 4.87. The van der Waals surface area contributed by atoms with Crippen LogP contribution in [0.5, 0.6) is 0 Å². The minimum Gasteiger partial charge on any atom is -0.348 e. The highest BCUT2D eigenvalue weighted by molar-refractivity contribution is 6.39. The Bertz CT molecular complexity index is 771. The van der Waals surface area contributed by atoms with Crippen LogP contribution in [0, 0.1) is 12.8 Å². The first-order valence-electron chi connectivity index (χ1n) is 9.37. The van der Waals surface area contributed by atoms with Crippen molar-refractivity contribution in [2.45, 2.75) is 26.3 Å². The smallest absolute Gasteiger partial charge is 0.313 e. The summed E-state index contributed by atoms with van der Waals surface area (Å²) in [5.41, 5.74) is 2.89. The molecule has 1 fully saturated rings. The first kappa shape index (κ1) is 19.0. The van der Waals surface area contributed by atoms with Crippen molar-refractivity contribution in [3.05, 3.63) is 59.9 Å². The molecule has 3 rings (SSSR count). The second-order valence-corrected chi connectivity index (χ2v) is 7.11. The normalized spacial score (nSPS) is 15.3. The molecule has 6 nitrogen and oxygen atoms in total. The lowest BCUT2D eigenvalue weighted by atomic mass is 9.96. The zero-order valence-corrected chi connectivity index (χ0v) is 15.6. The highest BCUT2D eigenvalue weighted by Gasteiger charge is 2.21. The molecule has 0 atom stereocenters. The third kappa shape index (κ3) is 5.89. The van der Waals surface area contributed by atoms with Gasteiger partial charge in [-0.15, -0.1) is 0 Å². The Morgan fingerprint density at radius 2 is 1.96 bits per heavy atom. The van der Waals surface area contributed by atoms with Crippen LogP contribution in [0.1, 0.15) is 24.0 Å². The summed E-state index contributed by atoms with van der Waals surface area (Å²) in [4.78, 5) is 30.6. The summed E-state index contributed by atoms with van der Waals surface area (Å²) in [6, 6.07) is 11.4. The molecule has 0 spiro atoms. The second kappa shape index (κ2) is 9.28. The maximum Gasteiger partial charge on any atom is 0.313 e. The number of piperidine rings is 1. The van der Waals surface area contributed by atoms with E-state index < -0.39 is 11.8 Å². The van der Waals surface area contributed by atoms with E-state index in [1.165, 1.54) is 5.56 Å². The van der Waals surface area contributed by atoms with E-state index in [4.69, 9.17) is 0 Å². The topological polar surface area (TPSA) is 74.3 Å². The molecular formula is C21H26N4O2. The molecule has 0 unspecified atom stereocenters. The number of aryl methyl sites for hydroxylation is 1. The summed E-state index contributed by atoms with van der Waals surface area (Å²) in [6.07, 6.45) is 5.72. The van der Waals surface area contributed by atoms with E-state index in [2.05, 4.69) is 26.6 Å². The first-order valence-corrected chi connectivity index (χ1v) is 9.37. The molecule has 0 aliphatic carbocycles. The van der Waals surface area contributed by atoms with Crippen molar-refractivity contribution in [3.8, 4) is 0 Å². The van der Waals surface area contributed by atoms with Gasteiger partial charge in [-0.25, -0.2) is 0 Å². The van der Waals surface area contributed by atoms with Crippen LogP contribution in [0.2, 0.25) is 0 Å². The lowest BCUT2D eigenvalue weighted by molar-refractivity contribution is -0.136. The number of nitrogens with one attached hydrogen (secondary N) is 2. The largest absolute Gasteiger partial charge is 0.348 e. The number of rotatable bonds is 5. The number of carbonyl (C=O) groups excluding carboxylic acids is 2. The number of benzene rings is 1. The van der Waals surface area contributed by atoms with E-state index in [9.17, 15) is 9.59 Å². The van der Waals surface area contributed by atoms with E-state index in [1.807, 2.05) is 37.4 Å². The average molecular weight is 366 g/mol. The van der Waals surface area contributed by atoms with Crippen molar-refractivity contribution in [1.82, 2.24) is 15.2 Å². The predicted molar refractivity (Wildman–Crippen MR) is 105 cm³/mol. The minimum atomic E-state index is -0.616. The average Bonchev–Trinajstić information content (AvgIpc) is 2.68. The Morgan fingerprint density at radius 1 is 1.15 bits per heavy atom. The zero-order valence-electron chi connectivity index (χ0n) is 15.6. The van der Waals surface area contributed by atoms with Crippen molar-refractivity contribution in [3.63, 3.8) is 0 Å². The van der Waals surface area contributed by atoms with Crippen LogP contribution >= 0.6 is 0 Å². The van der Waals surface area contributed by atoms with Gasteiger partial charge >= 0.3 is 11.8 Å². The lowest BCUT2D eigenvalue weighted by Gasteiger charge is -2.31. The molecule has 2 N–H and O–H groups in total. The van der Waals surface area contributed by atoms with Gasteiger partial charge in [0.2, 0.25) is 0 Å². The fourth-order valence-electron chi connectivity index (χ4n) is 3.33. The Kier molecular flexibility index (Phi) is 6.54. The third-order valence-corrected chi connectivity index (χ3v) is 4.87.